The number of hydrogen-bond donors (Lipinski definition) is 2. The number of aromatic nitrogens is 1. The van der Waals surface area contributed by atoms with Gasteiger partial charge in [0.2, 0.25) is 0 Å². The minimum Gasteiger partial charge on any atom is -0.372 e. The van der Waals surface area contributed by atoms with Gasteiger partial charge >= 0.3 is 5.82 Å². The molecular weight excluding hydrogens is 232 g/mol. The van der Waals surface area contributed by atoms with E-state index < -0.39 is 4.92 Å². The molecule has 1 rings (SSSR count). The van der Waals surface area contributed by atoms with Gasteiger partial charge in [-0.3, -0.25) is 0 Å². The van der Waals surface area contributed by atoms with Crippen molar-refractivity contribution < 1.29 is 4.92 Å². The maximum Gasteiger partial charge on any atom is 0.386 e. The predicted molar refractivity (Wildman–Crippen MR) is 71.4 cm³/mol. The van der Waals surface area contributed by atoms with Crippen molar-refractivity contribution in [3.8, 4) is 0 Å². The van der Waals surface area contributed by atoms with Crippen molar-refractivity contribution in [2.24, 2.45) is 11.7 Å². The van der Waals surface area contributed by atoms with Gasteiger partial charge in [-0.1, -0.05) is 13.8 Å². The highest BCUT2D eigenvalue weighted by Crippen LogP contribution is 2.27. The molecule has 3 N–H and O–H groups in total. The predicted octanol–water partition coefficient (Wildman–Crippen LogP) is 2.17. The Labute approximate surface area is 107 Å². The molecule has 6 heteroatoms. The van der Waals surface area contributed by atoms with Crippen LogP contribution in [0.3, 0.4) is 0 Å². The molecule has 0 aromatic carbocycles. The fourth-order valence-electron chi connectivity index (χ4n) is 2.05. The fraction of sp³-hybridized carbons (Fsp3) is 0.583. The average Bonchev–Trinajstić information content (AvgIpc) is 2.28. The van der Waals surface area contributed by atoms with Gasteiger partial charge < -0.3 is 21.2 Å². The maximum absolute atomic E-state index is 10.9. The molecule has 0 saturated carbocycles. The summed E-state index contributed by atoms with van der Waals surface area (Å²) in [5.74, 6) is 0.280. The van der Waals surface area contributed by atoms with Gasteiger partial charge in [-0.05, 0) is 41.3 Å². The quantitative estimate of drug-likeness (QED) is 0.597. The van der Waals surface area contributed by atoms with E-state index in [0.717, 1.165) is 6.42 Å². The molecule has 1 heterocycles. The van der Waals surface area contributed by atoms with E-state index in [1.165, 1.54) is 6.20 Å². The highest BCUT2D eigenvalue weighted by atomic mass is 16.6. The zero-order valence-corrected chi connectivity index (χ0v) is 11.0. The van der Waals surface area contributed by atoms with Crippen molar-refractivity contribution in [3.63, 3.8) is 0 Å². The first kappa shape index (κ1) is 14.4. The number of nitrogens with two attached hydrogens (primary N) is 1. The Morgan fingerprint density at radius 1 is 1.61 bits per heavy atom. The summed E-state index contributed by atoms with van der Waals surface area (Å²) in [6.45, 7) is 6.54. The number of pyridine rings is 1. The van der Waals surface area contributed by atoms with E-state index in [1.807, 2.05) is 6.92 Å². The molecule has 6 nitrogen and oxygen atoms in total. The Hall–Kier alpha value is -1.69. The Balaban J connectivity index is 2.98. The molecule has 0 bridgehead atoms. The van der Waals surface area contributed by atoms with Crippen molar-refractivity contribution in [2.45, 2.75) is 32.7 Å². The summed E-state index contributed by atoms with van der Waals surface area (Å²) in [4.78, 5) is 14.2. The van der Waals surface area contributed by atoms with Crippen molar-refractivity contribution in [2.75, 3.05) is 11.9 Å². The Morgan fingerprint density at radius 3 is 2.78 bits per heavy atom. The molecule has 1 aromatic rings. The number of rotatable bonds is 6. The fourth-order valence-corrected chi connectivity index (χ4v) is 2.05. The van der Waals surface area contributed by atoms with E-state index in [2.05, 4.69) is 24.1 Å². The molecule has 1 atom stereocenters. The highest BCUT2D eigenvalue weighted by molar-refractivity contribution is 5.58. The molecule has 100 valence electrons. The van der Waals surface area contributed by atoms with Crippen LogP contribution in [-0.4, -0.2) is 22.0 Å². The van der Waals surface area contributed by atoms with Gasteiger partial charge in [0.1, 0.15) is 11.9 Å². The second-order valence-electron chi connectivity index (χ2n) is 5.12. The van der Waals surface area contributed by atoms with Gasteiger partial charge in [0, 0.05) is 12.1 Å². The third kappa shape index (κ3) is 3.66. The molecule has 1 unspecified atom stereocenters. The van der Waals surface area contributed by atoms with Crippen LogP contribution in [0.25, 0.3) is 0 Å². The minimum absolute atomic E-state index is 0.166. The van der Waals surface area contributed by atoms with E-state index in [9.17, 15) is 10.1 Å². The summed E-state index contributed by atoms with van der Waals surface area (Å²) in [6.07, 6.45) is 2.24. The number of nitro groups is 1. The van der Waals surface area contributed by atoms with Crippen molar-refractivity contribution >= 4 is 11.5 Å². The van der Waals surface area contributed by atoms with Crippen LogP contribution in [0.2, 0.25) is 0 Å². The minimum atomic E-state index is -0.491. The van der Waals surface area contributed by atoms with Crippen LogP contribution in [0.5, 0.6) is 0 Å². The van der Waals surface area contributed by atoms with Crippen LogP contribution < -0.4 is 11.1 Å². The zero-order valence-electron chi connectivity index (χ0n) is 11.0. The van der Waals surface area contributed by atoms with Crippen molar-refractivity contribution in [3.05, 3.63) is 28.4 Å². The van der Waals surface area contributed by atoms with E-state index >= 15 is 0 Å². The smallest absolute Gasteiger partial charge is 0.372 e. The van der Waals surface area contributed by atoms with Crippen LogP contribution in [0, 0.1) is 16.0 Å². The van der Waals surface area contributed by atoms with Crippen molar-refractivity contribution in [1.29, 1.82) is 0 Å². The van der Waals surface area contributed by atoms with Gasteiger partial charge in [0.25, 0.3) is 0 Å². The lowest BCUT2D eigenvalue weighted by atomic mass is 9.90. The Morgan fingerprint density at radius 2 is 2.28 bits per heavy atom. The van der Waals surface area contributed by atoms with Gasteiger partial charge in [-0.15, -0.1) is 0 Å². The van der Waals surface area contributed by atoms with Crippen molar-refractivity contribution in [1.82, 2.24) is 4.98 Å². The van der Waals surface area contributed by atoms with Crippen LogP contribution in [0.15, 0.2) is 18.3 Å². The molecule has 0 amide bonds. The third-order valence-corrected chi connectivity index (χ3v) is 2.71. The standard InChI is InChI=1S/C12H20N4O2/c1-9(2)7-12(3,8-13)15-10-5-4-6-14-11(10)16(17)18/h4-6,9,15H,7-8,13H2,1-3H3. The molecular formula is C12H20N4O2. The summed E-state index contributed by atoms with van der Waals surface area (Å²) in [6, 6.07) is 3.32. The van der Waals surface area contributed by atoms with Gasteiger partial charge in [-0.25, -0.2) is 0 Å². The first-order valence-electron chi connectivity index (χ1n) is 5.95. The molecule has 0 spiro atoms. The third-order valence-electron chi connectivity index (χ3n) is 2.71. The maximum atomic E-state index is 10.9. The summed E-state index contributed by atoms with van der Waals surface area (Å²) in [5, 5.41) is 14.0. The molecule has 0 radical (unpaired) electrons. The molecule has 1 aromatic heterocycles. The lowest BCUT2D eigenvalue weighted by Crippen LogP contribution is -2.43. The number of nitrogens with zero attached hydrogens (tertiary/aromatic N) is 2. The molecule has 0 aliphatic heterocycles. The topological polar surface area (TPSA) is 94.1 Å². The second kappa shape index (κ2) is 5.77. The molecule has 18 heavy (non-hydrogen) atoms. The number of hydrogen-bond acceptors (Lipinski definition) is 5. The van der Waals surface area contributed by atoms with Crippen LogP contribution in [0.1, 0.15) is 27.2 Å². The monoisotopic (exact) mass is 252 g/mol. The number of nitrogens with one attached hydrogen (secondary N) is 1. The van der Waals surface area contributed by atoms with E-state index in [-0.39, 0.29) is 11.4 Å². The Bertz CT molecular complexity index is 422. The Kier molecular flexibility index (Phi) is 4.61. The first-order valence-corrected chi connectivity index (χ1v) is 5.95. The van der Waals surface area contributed by atoms with E-state index in [1.54, 1.807) is 12.1 Å². The van der Waals surface area contributed by atoms with Crippen LogP contribution >= 0.6 is 0 Å². The molecule has 0 aliphatic carbocycles. The van der Waals surface area contributed by atoms with E-state index in [4.69, 9.17) is 5.73 Å². The lowest BCUT2D eigenvalue weighted by Gasteiger charge is -2.31. The molecule has 0 fully saturated rings. The van der Waals surface area contributed by atoms with E-state index in [0.29, 0.717) is 18.2 Å². The normalized spacial score (nSPS) is 14.3. The van der Waals surface area contributed by atoms with Gasteiger partial charge in [-0.2, -0.15) is 0 Å². The average molecular weight is 252 g/mol. The summed E-state index contributed by atoms with van der Waals surface area (Å²) >= 11 is 0. The van der Waals surface area contributed by atoms with Crippen LogP contribution in [0.4, 0.5) is 11.5 Å². The van der Waals surface area contributed by atoms with Crippen LogP contribution in [-0.2, 0) is 0 Å². The zero-order chi connectivity index (χ0) is 13.8. The number of anilines is 1. The van der Waals surface area contributed by atoms with Gasteiger partial charge in [0.05, 0.1) is 0 Å². The summed E-state index contributed by atoms with van der Waals surface area (Å²) < 4.78 is 0. The molecule has 0 saturated heterocycles. The summed E-state index contributed by atoms with van der Waals surface area (Å²) in [5.41, 5.74) is 5.82. The second-order valence-corrected chi connectivity index (χ2v) is 5.12. The highest BCUT2D eigenvalue weighted by Gasteiger charge is 2.27. The first-order chi connectivity index (χ1) is 8.38. The molecule has 0 aliphatic rings. The summed E-state index contributed by atoms with van der Waals surface area (Å²) in [7, 11) is 0. The SMILES string of the molecule is CC(C)CC(C)(CN)Nc1cccnc1[N+](=O)[O-]. The lowest BCUT2D eigenvalue weighted by molar-refractivity contribution is -0.388. The van der Waals surface area contributed by atoms with Gasteiger partial charge in [0.15, 0.2) is 0 Å². The largest absolute Gasteiger partial charge is 0.386 e.